The van der Waals surface area contributed by atoms with Crippen molar-refractivity contribution in [3.8, 4) is 11.5 Å². The van der Waals surface area contributed by atoms with Gasteiger partial charge in [0, 0.05) is 31.7 Å². The topological polar surface area (TPSA) is 88.5 Å². The van der Waals surface area contributed by atoms with E-state index in [1.54, 1.807) is 29.2 Å². The average molecular weight is 495 g/mol. The molecule has 0 radical (unpaired) electrons. The van der Waals surface area contributed by atoms with Crippen molar-refractivity contribution < 1.29 is 28.9 Å². The van der Waals surface area contributed by atoms with Crippen LogP contribution in [0.25, 0.3) is 5.76 Å². The summed E-state index contributed by atoms with van der Waals surface area (Å²) in [5, 5.41) is 11.3. The van der Waals surface area contributed by atoms with E-state index >= 15 is 0 Å². The molecule has 1 atom stereocenters. The fourth-order valence-corrected chi connectivity index (χ4v) is 4.56. The Morgan fingerprint density at radius 2 is 1.64 bits per heavy atom. The zero-order valence-corrected chi connectivity index (χ0v) is 21.1. The number of carbonyl (C=O) groups excluding carboxylic acids is 2. The number of nitrogens with zero attached hydrogens (tertiary/aromatic N) is 2. The highest BCUT2D eigenvalue weighted by atomic mass is 16.5. The van der Waals surface area contributed by atoms with Crippen LogP contribution in [0.4, 0.5) is 0 Å². The summed E-state index contributed by atoms with van der Waals surface area (Å²) in [6.45, 7) is 10.2. The number of ketones is 1. The normalized spacial score (nSPS) is 20.2. The number of rotatable bonds is 9. The predicted octanol–water partition coefficient (Wildman–Crippen LogP) is 3.63. The molecule has 2 aliphatic rings. The summed E-state index contributed by atoms with van der Waals surface area (Å²) in [6.07, 6.45) is 0.0228. The van der Waals surface area contributed by atoms with Gasteiger partial charge in [-0.3, -0.25) is 14.5 Å². The number of aliphatic hydroxyl groups is 1. The van der Waals surface area contributed by atoms with Crippen molar-refractivity contribution in [2.45, 2.75) is 32.9 Å². The van der Waals surface area contributed by atoms with Crippen LogP contribution in [0.5, 0.6) is 11.5 Å². The lowest BCUT2D eigenvalue weighted by molar-refractivity contribution is -0.140. The van der Waals surface area contributed by atoms with Crippen molar-refractivity contribution in [1.29, 1.82) is 0 Å². The Morgan fingerprint density at radius 1 is 1.00 bits per heavy atom. The molecule has 1 N–H and O–H groups in total. The molecule has 2 fully saturated rings. The predicted molar refractivity (Wildman–Crippen MR) is 136 cm³/mol. The molecule has 4 rings (SSSR count). The molecule has 0 aromatic heterocycles. The third-order valence-electron chi connectivity index (χ3n) is 6.31. The zero-order valence-electron chi connectivity index (χ0n) is 21.1. The Balaban J connectivity index is 1.70. The van der Waals surface area contributed by atoms with Crippen LogP contribution in [0.15, 0.2) is 54.1 Å². The lowest BCUT2D eigenvalue weighted by Gasteiger charge is -2.31. The number of benzene rings is 2. The number of likely N-dealkylation sites (tertiary alicyclic amines) is 1. The van der Waals surface area contributed by atoms with E-state index in [1.165, 1.54) is 0 Å². The minimum Gasteiger partial charge on any atom is -0.507 e. The van der Waals surface area contributed by atoms with E-state index in [0.717, 1.165) is 18.7 Å². The van der Waals surface area contributed by atoms with Crippen LogP contribution >= 0.6 is 0 Å². The second-order valence-electron chi connectivity index (χ2n) is 9.14. The fourth-order valence-electron chi connectivity index (χ4n) is 4.56. The third kappa shape index (κ3) is 5.71. The van der Waals surface area contributed by atoms with Crippen LogP contribution in [0, 0.1) is 0 Å². The Kier molecular flexibility index (Phi) is 8.28. The quantitative estimate of drug-likeness (QED) is 0.324. The molecule has 192 valence electrons. The van der Waals surface area contributed by atoms with Gasteiger partial charge < -0.3 is 24.2 Å². The molecular formula is C28H34N2O6. The molecule has 0 bridgehead atoms. The van der Waals surface area contributed by atoms with Gasteiger partial charge in [0.1, 0.15) is 17.3 Å². The number of amides is 1. The van der Waals surface area contributed by atoms with Crippen molar-refractivity contribution in [2.24, 2.45) is 0 Å². The summed E-state index contributed by atoms with van der Waals surface area (Å²) in [4.78, 5) is 30.2. The van der Waals surface area contributed by atoms with Crippen molar-refractivity contribution in [1.82, 2.24) is 9.80 Å². The summed E-state index contributed by atoms with van der Waals surface area (Å²) in [6, 6.07) is 13.5. The Bertz CT molecular complexity index is 1090. The van der Waals surface area contributed by atoms with Crippen molar-refractivity contribution in [3.63, 3.8) is 0 Å². The second-order valence-corrected chi connectivity index (χ2v) is 9.14. The largest absolute Gasteiger partial charge is 0.507 e. The molecule has 2 saturated heterocycles. The number of aliphatic hydroxyl groups excluding tert-OH is 1. The fraction of sp³-hybridized carbons (Fsp3) is 0.429. The van der Waals surface area contributed by atoms with Gasteiger partial charge in [-0.1, -0.05) is 12.1 Å². The van der Waals surface area contributed by atoms with Crippen LogP contribution in [0.2, 0.25) is 0 Å². The van der Waals surface area contributed by atoms with Crippen LogP contribution in [-0.4, -0.2) is 78.7 Å². The highest BCUT2D eigenvalue weighted by molar-refractivity contribution is 6.46. The van der Waals surface area contributed by atoms with E-state index in [9.17, 15) is 14.7 Å². The lowest BCUT2D eigenvalue weighted by Crippen LogP contribution is -2.42. The Labute approximate surface area is 212 Å². The van der Waals surface area contributed by atoms with Gasteiger partial charge in [0.15, 0.2) is 0 Å². The zero-order chi connectivity index (χ0) is 25.7. The van der Waals surface area contributed by atoms with E-state index < -0.39 is 17.7 Å². The van der Waals surface area contributed by atoms with Crippen LogP contribution in [0.3, 0.4) is 0 Å². The molecule has 2 aromatic rings. The van der Waals surface area contributed by atoms with Gasteiger partial charge in [-0.05, 0) is 62.7 Å². The first-order chi connectivity index (χ1) is 17.4. The minimum atomic E-state index is -0.703. The number of ether oxygens (including phenoxy) is 3. The number of hydrogen-bond donors (Lipinski definition) is 1. The Morgan fingerprint density at radius 3 is 2.25 bits per heavy atom. The van der Waals surface area contributed by atoms with Crippen LogP contribution in [-0.2, 0) is 14.3 Å². The molecule has 8 heteroatoms. The molecule has 2 heterocycles. The second kappa shape index (κ2) is 11.6. The van der Waals surface area contributed by atoms with E-state index in [-0.39, 0.29) is 17.4 Å². The molecule has 0 unspecified atom stereocenters. The van der Waals surface area contributed by atoms with Crippen LogP contribution in [0.1, 0.15) is 37.9 Å². The third-order valence-corrected chi connectivity index (χ3v) is 6.31. The van der Waals surface area contributed by atoms with Crippen molar-refractivity contribution >= 4 is 17.4 Å². The maximum atomic E-state index is 13.3. The maximum Gasteiger partial charge on any atom is 0.295 e. The molecule has 2 aromatic carbocycles. The average Bonchev–Trinajstić information content (AvgIpc) is 3.13. The van der Waals surface area contributed by atoms with E-state index in [1.807, 2.05) is 45.0 Å². The van der Waals surface area contributed by atoms with Gasteiger partial charge in [0.2, 0.25) is 0 Å². The molecule has 8 nitrogen and oxygen atoms in total. The standard InChI is InChI=1S/C28H34N2O6/c1-4-35-22-9-7-21(8-10-22)26(31)24-25(20-5-11-23(12-6-20)36-19(2)3)30(28(33)27(24)32)14-13-29-15-17-34-18-16-29/h5-12,19,25,31H,4,13-18H2,1-3H3/t25-/m0/s1. The highest BCUT2D eigenvalue weighted by Crippen LogP contribution is 2.40. The number of hydrogen-bond acceptors (Lipinski definition) is 7. The Hall–Kier alpha value is -3.36. The smallest absolute Gasteiger partial charge is 0.295 e. The van der Waals surface area contributed by atoms with Gasteiger partial charge in [0.25, 0.3) is 11.7 Å². The summed E-state index contributed by atoms with van der Waals surface area (Å²) in [7, 11) is 0. The minimum absolute atomic E-state index is 0.0228. The van der Waals surface area contributed by atoms with Gasteiger partial charge in [-0.2, -0.15) is 0 Å². The molecule has 36 heavy (non-hydrogen) atoms. The summed E-state index contributed by atoms with van der Waals surface area (Å²) in [5.41, 5.74) is 1.28. The van der Waals surface area contributed by atoms with E-state index in [0.29, 0.717) is 50.0 Å². The van der Waals surface area contributed by atoms with Gasteiger partial charge >= 0.3 is 0 Å². The molecular weight excluding hydrogens is 460 g/mol. The van der Waals surface area contributed by atoms with E-state index in [2.05, 4.69) is 4.90 Å². The monoisotopic (exact) mass is 494 g/mol. The molecule has 1 amide bonds. The first-order valence-electron chi connectivity index (χ1n) is 12.5. The lowest BCUT2D eigenvalue weighted by atomic mass is 9.95. The summed E-state index contributed by atoms with van der Waals surface area (Å²) in [5.74, 6) is -0.125. The first-order valence-corrected chi connectivity index (χ1v) is 12.5. The SMILES string of the molecule is CCOc1ccc(C(O)=C2C(=O)C(=O)N(CCN3CCOCC3)[C@H]2c2ccc(OC(C)C)cc2)cc1. The van der Waals surface area contributed by atoms with Crippen LogP contribution < -0.4 is 9.47 Å². The summed E-state index contributed by atoms with van der Waals surface area (Å²) < 4.78 is 16.7. The first kappa shape index (κ1) is 25.7. The van der Waals surface area contributed by atoms with Gasteiger partial charge in [-0.25, -0.2) is 0 Å². The van der Waals surface area contributed by atoms with Gasteiger partial charge in [-0.15, -0.1) is 0 Å². The molecule has 0 spiro atoms. The molecule has 0 aliphatic carbocycles. The highest BCUT2D eigenvalue weighted by Gasteiger charge is 2.46. The van der Waals surface area contributed by atoms with E-state index in [4.69, 9.17) is 14.2 Å². The van der Waals surface area contributed by atoms with Crippen molar-refractivity contribution in [3.05, 3.63) is 65.2 Å². The van der Waals surface area contributed by atoms with Crippen molar-refractivity contribution in [2.75, 3.05) is 46.0 Å². The van der Waals surface area contributed by atoms with Gasteiger partial charge in [0.05, 0.1) is 37.5 Å². The maximum absolute atomic E-state index is 13.3. The number of morpholine rings is 1. The number of Topliss-reactive ketones (excluding diaryl/α,β-unsaturated/α-hetero) is 1. The molecule has 0 saturated carbocycles. The summed E-state index contributed by atoms with van der Waals surface area (Å²) >= 11 is 0. The molecule has 2 aliphatic heterocycles. The number of carbonyl (C=O) groups is 2.